The van der Waals surface area contributed by atoms with Crippen molar-refractivity contribution in [2.75, 3.05) is 36.8 Å². The standard InChI is InChI=1S/C22H23N5O3S/c1-15-18-3-2-4-20(18)24-22(19(15)13-23)31-14-21(28)26-11-9-25(10-12-26)16-5-7-17(8-6-16)27(29)30/h5-8H,2-4,9-12,14H2,1H3. The first-order valence-corrected chi connectivity index (χ1v) is 11.3. The van der Waals surface area contributed by atoms with E-state index in [1.807, 2.05) is 11.8 Å². The number of carbonyl (C=O) groups is 1. The van der Waals surface area contributed by atoms with Gasteiger partial charge in [-0.2, -0.15) is 5.26 Å². The number of aromatic nitrogens is 1. The number of nitrogens with zero attached hydrogens (tertiary/aromatic N) is 5. The second-order valence-corrected chi connectivity index (χ2v) is 8.70. The molecule has 0 bridgehead atoms. The first-order valence-electron chi connectivity index (χ1n) is 10.3. The van der Waals surface area contributed by atoms with Gasteiger partial charge in [0.25, 0.3) is 5.69 Å². The van der Waals surface area contributed by atoms with Crippen LogP contribution >= 0.6 is 11.8 Å². The summed E-state index contributed by atoms with van der Waals surface area (Å²) in [5.41, 5.74) is 4.88. The monoisotopic (exact) mass is 437 g/mol. The molecular formula is C22H23N5O3S. The Kier molecular flexibility index (Phi) is 6.09. The fraction of sp³-hybridized carbons (Fsp3) is 0.409. The zero-order valence-electron chi connectivity index (χ0n) is 17.3. The summed E-state index contributed by atoms with van der Waals surface area (Å²) >= 11 is 1.35. The van der Waals surface area contributed by atoms with Crippen molar-refractivity contribution in [1.29, 1.82) is 5.26 Å². The molecule has 1 amide bonds. The highest BCUT2D eigenvalue weighted by atomic mass is 32.2. The van der Waals surface area contributed by atoms with Crippen molar-refractivity contribution in [2.24, 2.45) is 0 Å². The van der Waals surface area contributed by atoms with E-state index in [-0.39, 0.29) is 17.3 Å². The average molecular weight is 438 g/mol. The molecule has 2 heterocycles. The average Bonchev–Trinajstić information content (AvgIpc) is 3.27. The Labute approximate surface area is 185 Å². The van der Waals surface area contributed by atoms with Gasteiger partial charge in [0.2, 0.25) is 5.91 Å². The molecular weight excluding hydrogens is 414 g/mol. The number of benzene rings is 1. The van der Waals surface area contributed by atoms with E-state index in [2.05, 4.69) is 16.0 Å². The SMILES string of the molecule is Cc1c(C#N)c(SCC(=O)N2CCN(c3ccc([N+](=O)[O-])cc3)CC2)nc2c1CCC2. The van der Waals surface area contributed by atoms with Crippen molar-refractivity contribution in [2.45, 2.75) is 31.2 Å². The molecule has 0 atom stereocenters. The summed E-state index contributed by atoms with van der Waals surface area (Å²) in [5.74, 6) is 0.300. The van der Waals surface area contributed by atoms with Gasteiger partial charge in [0, 0.05) is 49.7 Å². The normalized spacial score (nSPS) is 15.5. The zero-order valence-corrected chi connectivity index (χ0v) is 18.2. The van der Waals surface area contributed by atoms with E-state index in [4.69, 9.17) is 0 Å². The summed E-state index contributed by atoms with van der Waals surface area (Å²) in [5, 5.41) is 21.1. The first kappa shape index (κ1) is 21.1. The topological polar surface area (TPSA) is 103 Å². The van der Waals surface area contributed by atoms with E-state index >= 15 is 0 Å². The Hall–Kier alpha value is -3.12. The number of nitro benzene ring substituents is 1. The minimum atomic E-state index is -0.410. The Morgan fingerprint density at radius 1 is 1.23 bits per heavy atom. The minimum Gasteiger partial charge on any atom is -0.368 e. The molecule has 1 aliphatic carbocycles. The number of nitriles is 1. The van der Waals surface area contributed by atoms with E-state index in [1.54, 1.807) is 12.1 Å². The second kappa shape index (κ2) is 8.94. The molecule has 1 saturated heterocycles. The third-order valence-corrected chi connectivity index (χ3v) is 6.93. The number of aryl methyl sites for hydroxylation is 1. The van der Waals surface area contributed by atoms with Gasteiger partial charge in [0.15, 0.2) is 0 Å². The van der Waals surface area contributed by atoms with Gasteiger partial charge in [0.05, 0.1) is 16.2 Å². The van der Waals surface area contributed by atoms with Crippen LogP contribution in [0.25, 0.3) is 0 Å². The highest BCUT2D eigenvalue weighted by Gasteiger charge is 2.24. The molecule has 9 heteroatoms. The lowest BCUT2D eigenvalue weighted by Crippen LogP contribution is -2.49. The number of pyridine rings is 1. The minimum absolute atomic E-state index is 0.0391. The van der Waals surface area contributed by atoms with Crippen molar-refractivity contribution in [1.82, 2.24) is 9.88 Å². The lowest BCUT2D eigenvalue weighted by atomic mass is 10.0. The van der Waals surface area contributed by atoms with Crippen LogP contribution in [0.15, 0.2) is 29.3 Å². The number of rotatable bonds is 5. The Balaban J connectivity index is 1.34. The Bertz CT molecular complexity index is 1060. The number of fused-ring (bicyclic) bond motifs is 1. The summed E-state index contributed by atoms with van der Waals surface area (Å²) in [7, 11) is 0. The summed E-state index contributed by atoms with van der Waals surface area (Å²) in [6, 6.07) is 8.77. The lowest BCUT2D eigenvalue weighted by Gasteiger charge is -2.36. The van der Waals surface area contributed by atoms with E-state index in [0.29, 0.717) is 36.8 Å². The van der Waals surface area contributed by atoms with E-state index in [0.717, 1.165) is 36.2 Å². The van der Waals surface area contributed by atoms with Gasteiger partial charge in [-0.1, -0.05) is 11.8 Å². The molecule has 1 aliphatic heterocycles. The van der Waals surface area contributed by atoms with Gasteiger partial charge in [-0.3, -0.25) is 14.9 Å². The zero-order chi connectivity index (χ0) is 22.0. The molecule has 0 unspecified atom stereocenters. The molecule has 4 rings (SSSR count). The Morgan fingerprint density at radius 3 is 2.58 bits per heavy atom. The molecule has 1 aromatic carbocycles. The maximum Gasteiger partial charge on any atom is 0.269 e. The number of anilines is 1. The number of hydrogen-bond acceptors (Lipinski definition) is 7. The van der Waals surface area contributed by atoms with Crippen molar-refractivity contribution in [3.63, 3.8) is 0 Å². The van der Waals surface area contributed by atoms with E-state index < -0.39 is 4.92 Å². The second-order valence-electron chi connectivity index (χ2n) is 7.74. The van der Waals surface area contributed by atoms with Crippen LogP contribution in [0.1, 0.15) is 28.8 Å². The largest absolute Gasteiger partial charge is 0.368 e. The number of nitro groups is 1. The molecule has 1 aromatic heterocycles. The van der Waals surface area contributed by atoms with E-state index in [1.165, 1.54) is 29.5 Å². The van der Waals surface area contributed by atoms with E-state index in [9.17, 15) is 20.2 Å². The molecule has 2 aliphatic rings. The van der Waals surface area contributed by atoms with Crippen molar-refractivity contribution in [3.05, 3.63) is 56.8 Å². The molecule has 0 N–H and O–H groups in total. The van der Waals surface area contributed by atoms with Crippen molar-refractivity contribution in [3.8, 4) is 6.07 Å². The van der Waals surface area contributed by atoms with Crippen LogP contribution in [0.2, 0.25) is 0 Å². The fourth-order valence-electron chi connectivity index (χ4n) is 4.20. The van der Waals surface area contributed by atoms with Crippen LogP contribution in [0.4, 0.5) is 11.4 Å². The number of non-ortho nitro benzene ring substituents is 1. The molecule has 160 valence electrons. The number of thioether (sulfide) groups is 1. The summed E-state index contributed by atoms with van der Waals surface area (Å²) < 4.78 is 0. The molecule has 1 fully saturated rings. The van der Waals surface area contributed by atoms with Gasteiger partial charge in [-0.25, -0.2) is 4.98 Å². The smallest absolute Gasteiger partial charge is 0.269 e. The highest BCUT2D eigenvalue weighted by Crippen LogP contribution is 2.32. The molecule has 8 nitrogen and oxygen atoms in total. The molecule has 31 heavy (non-hydrogen) atoms. The maximum atomic E-state index is 12.8. The highest BCUT2D eigenvalue weighted by molar-refractivity contribution is 8.00. The van der Waals surface area contributed by atoms with Gasteiger partial charge >= 0.3 is 0 Å². The van der Waals surface area contributed by atoms with Gasteiger partial charge in [-0.05, 0) is 49.4 Å². The summed E-state index contributed by atoms with van der Waals surface area (Å²) in [6.07, 6.45) is 2.99. The lowest BCUT2D eigenvalue weighted by molar-refractivity contribution is -0.384. The van der Waals surface area contributed by atoms with Gasteiger partial charge in [0.1, 0.15) is 11.1 Å². The van der Waals surface area contributed by atoms with Crippen molar-refractivity contribution >= 4 is 29.0 Å². The van der Waals surface area contributed by atoms with Crippen LogP contribution in [-0.2, 0) is 17.6 Å². The number of piperazine rings is 1. The fourth-order valence-corrected chi connectivity index (χ4v) is 5.16. The van der Waals surface area contributed by atoms with Gasteiger partial charge < -0.3 is 9.80 Å². The molecule has 0 saturated carbocycles. The summed E-state index contributed by atoms with van der Waals surface area (Å²) in [4.78, 5) is 31.8. The van der Waals surface area contributed by atoms with Crippen molar-refractivity contribution < 1.29 is 9.72 Å². The summed E-state index contributed by atoms with van der Waals surface area (Å²) in [6.45, 7) is 4.52. The predicted molar refractivity (Wildman–Crippen MR) is 118 cm³/mol. The Morgan fingerprint density at radius 2 is 1.94 bits per heavy atom. The van der Waals surface area contributed by atoms with Crippen LogP contribution in [0.3, 0.4) is 0 Å². The van der Waals surface area contributed by atoms with Gasteiger partial charge in [-0.15, -0.1) is 0 Å². The third-order valence-electron chi connectivity index (χ3n) is 5.97. The number of amides is 1. The molecule has 2 aromatic rings. The molecule has 0 radical (unpaired) electrons. The maximum absolute atomic E-state index is 12.8. The third kappa shape index (κ3) is 4.35. The number of hydrogen-bond donors (Lipinski definition) is 0. The van der Waals surface area contributed by atoms with Crippen LogP contribution < -0.4 is 4.90 Å². The van der Waals surface area contributed by atoms with Crippen LogP contribution in [-0.4, -0.2) is 52.6 Å². The quantitative estimate of drug-likeness (QED) is 0.402. The first-order chi connectivity index (χ1) is 15.0. The predicted octanol–water partition coefficient (Wildman–Crippen LogP) is 3.10. The van der Waals surface area contributed by atoms with Crippen LogP contribution in [0, 0.1) is 28.4 Å². The molecule has 0 spiro atoms. The van der Waals surface area contributed by atoms with Crippen LogP contribution in [0.5, 0.6) is 0 Å². The number of carbonyl (C=O) groups excluding carboxylic acids is 1.